The molecule has 0 saturated carbocycles. The molecule has 0 spiro atoms. The number of nitrogens with zero attached hydrogens (tertiary/aromatic N) is 1. The molecule has 0 bridgehead atoms. The lowest BCUT2D eigenvalue weighted by Crippen LogP contribution is -2.59. The third-order valence-corrected chi connectivity index (χ3v) is 8.74. The van der Waals surface area contributed by atoms with E-state index in [2.05, 4.69) is 25.9 Å². The molecule has 0 saturated heterocycles. The fraction of sp³-hybridized carbons (Fsp3) is 0.324. The van der Waals surface area contributed by atoms with Crippen LogP contribution in [0.25, 0.3) is 10.9 Å². The molecule has 3 aromatic carbocycles. The van der Waals surface area contributed by atoms with Gasteiger partial charge in [0.25, 0.3) is 0 Å². The number of ether oxygens (including phenoxy) is 1. The first-order valence-corrected chi connectivity index (χ1v) is 17.3. The molecule has 4 rings (SSSR count). The number of benzene rings is 3. The maximum atomic E-state index is 14.0. The maximum absolute atomic E-state index is 14.0. The minimum atomic E-state index is -1.16. The number of carbonyl (C=O) groups is 4. The van der Waals surface area contributed by atoms with E-state index >= 15 is 0 Å². The highest BCUT2D eigenvalue weighted by atomic mass is 35.5. The number of amides is 4. The van der Waals surface area contributed by atoms with Gasteiger partial charge in [0.2, 0.25) is 23.6 Å². The molecule has 12 N–H and O–H groups in total. The summed E-state index contributed by atoms with van der Waals surface area (Å²) in [7, 11) is 0. The summed E-state index contributed by atoms with van der Waals surface area (Å²) in [4.78, 5) is 60.8. The van der Waals surface area contributed by atoms with Gasteiger partial charge in [-0.25, -0.2) is 0 Å². The Morgan fingerprint density at radius 3 is 2.12 bits per heavy atom. The molecule has 276 valence electrons. The van der Waals surface area contributed by atoms with Crippen molar-refractivity contribution in [3.8, 4) is 0 Å². The van der Waals surface area contributed by atoms with Gasteiger partial charge in [0.05, 0.1) is 12.7 Å². The van der Waals surface area contributed by atoms with Crippen molar-refractivity contribution in [1.29, 1.82) is 0 Å². The molecule has 0 radical (unpaired) electrons. The van der Waals surface area contributed by atoms with Crippen LogP contribution in [0.15, 0.2) is 90.1 Å². The number of nitrogens with two attached hydrogens (primary N) is 4. The number of nitrogens with one attached hydrogen (secondary N) is 4. The van der Waals surface area contributed by atoms with Crippen LogP contribution in [0.5, 0.6) is 0 Å². The Hall–Kier alpha value is -5.44. The normalized spacial score (nSPS) is 14.0. The first kappa shape index (κ1) is 39.3. The summed E-state index contributed by atoms with van der Waals surface area (Å²) in [5.41, 5.74) is 26.2. The van der Waals surface area contributed by atoms with Gasteiger partial charge in [0, 0.05) is 41.5 Å². The van der Waals surface area contributed by atoms with Crippen molar-refractivity contribution in [3.05, 3.63) is 107 Å². The van der Waals surface area contributed by atoms with E-state index in [1.54, 1.807) is 37.4 Å². The van der Waals surface area contributed by atoms with Gasteiger partial charge < -0.3 is 48.6 Å². The Morgan fingerprint density at radius 1 is 0.788 bits per heavy atom. The number of aliphatic imine (C=N–C) groups is 1. The van der Waals surface area contributed by atoms with Gasteiger partial charge in [-0.2, -0.15) is 0 Å². The van der Waals surface area contributed by atoms with E-state index < -0.39 is 53.9 Å². The van der Waals surface area contributed by atoms with Crippen molar-refractivity contribution in [2.45, 2.75) is 69.5 Å². The van der Waals surface area contributed by atoms with Crippen molar-refractivity contribution >= 4 is 52.1 Å². The summed E-state index contributed by atoms with van der Waals surface area (Å²) >= 11 is 6.08. The molecule has 52 heavy (non-hydrogen) atoms. The topological polar surface area (TPSA) is 246 Å². The molecular weight excluding hydrogens is 686 g/mol. The van der Waals surface area contributed by atoms with Crippen LogP contribution in [0.1, 0.15) is 36.5 Å². The van der Waals surface area contributed by atoms with Crippen LogP contribution in [0, 0.1) is 0 Å². The summed E-state index contributed by atoms with van der Waals surface area (Å²) in [5, 5.41) is 9.57. The molecule has 15 heteroatoms. The number of hydrogen-bond acceptors (Lipinski definition) is 7. The van der Waals surface area contributed by atoms with Gasteiger partial charge in [-0.15, -0.1) is 0 Å². The van der Waals surface area contributed by atoms with Gasteiger partial charge in [-0.3, -0.25) is 24.2 Å². The Morgan fingerprint density at radius 2 is 1.42 bits per heavy atom. The van der Waals surface area contributed by atoms with Crippen molar-refractivity contribution in [2.24, 2.45) is 27.9 Å². The standard InChI is InChI=1S/C37H46ClN9O5/c1-22(52-21-24-8-3-2-4-9-24)32(39)36(51)47-31(18-23-13-15-26(38)16-14-23)35(50)45-29(12-7-17-43-37(41)42)34(49)46-30(33(40)48)19-25-20-44-28-11-6-5-10-27(25)28/h2-6,8-11,13-16,20,22,29-32,44H,7,12,17-19,21,39H2,1H3,(H2,40,48)(H,45,50)(H,46,49)(H,47,51)(H4,41,42,43)/t22-,29+,30+,31-,32+/m1/s1. The van der Waals surface area contributed by atoms with Crippen molar-refractivity contribution < 1.29 is 23.9 Å². The Kier molecular flexibility index (Phi) is 14.6. The number of aromatic amines is 1. The smallest absolute Gasteiger partial charge is 0.243 e. The van der Waals surface area contributed by atoms with E-state index in [0.717, 1.165) is 22.0 Å². The molecule has 14 nitrogen and oxygen atoms in total. The number of rotatable bonds is 19. The number of H-pyrrole nitrogens is 1. The van der Waals surface area contributed by atoms with Crippen LogP contribution in [-0.4, -0.2) is 71.4 Å². The van der Waals surface area contributed by atoms with Crippen molar-refractivity contribution in [3.63, 3.8) is 0 Å². The lowest BCUT2D eigenvalue weighted by atomic mass is 10.0. The number of para-hydroxylation sites is 1. The summed E-state index contributed by atoms with van der Waals surface area (Å²) in [6.45, 7) is 2.09. The second-order valence-corrected chi connectivity index (χ2v) is 12.9. The second-order valence-electron chi connectivity index (χ2n) is 12.5. The predicted molar refractivity (Wildman–Crippen MR) is 201 cm³/mol. The number of hydrogen-bond donors (Lipinski definition) is 8. The van der Waals surface area contributed by atoms with Gasteiger partial charge in [-0.05, 0) is 54.7 Å². The third kappa shape index (κ3) is 11.8. The van der Waals surface area contributed by atoms with E-state index in [0.29, 0.717) is 17.0 Å². The lowest BCUT2D eigenvalue weighted by Gasteiger charge is -2.26. The summed E-state index contributed by atoms with van der Waals surface area (Å²) in [6.07, 6.45) is 1.61. The first-order valence-electron chi connectivity index (χ1n) is 16.9. The number of primary amides is 1. The van der Waals surface area contributed by atoms with Crippen LogP contribution >= 0.6 is 11.6 Å². The van der Waals surface area contributed by atoms with Crippen molar-refractivity contribution in [1.82, 2.24) is 20.9 Å². The molecule has 0 unspecified atom stereocenters. The number of carbonyl (C=O) groups excluding carboxylic acids is 4. The van der Waals surface area contributed by atoms with Gasteiger partial charge >= 0.3 is 0 Å². The zero-order chi connectivity index (χ0) is 37.6. The fourth-order valence-electron chi connectivity index (χ4n) is 5.51. The highest BCUT2D eigenvalue weighted by Gasteiger charge is 2.31. The molecule has 5 atom stereocenters. The molecule has 0 aliphatic heterocycles. The summed E-state index contributed by atoms with van der Waals surface area (Å²) < 4.78 is 5.85. The zero-order valence-corrected chi connectivity index (χ0v) is 29.6. The SMILES string of the molecule is C[C@@H](OCc1ccccc1)[C@H](N)C(=O)N[C@H](Cc1ccc(Cl)cc1)C(=O)N[C@@H](CCCN=C(N)N)C(=O)N[C@@H](Cc1c[nH]c2ccccc12)C(N)=O. The average Bonchev–Trinajstić information content (AvgIpc) is 3.54. The third-order valence-electron chi connectivity index (χ3n) is 8.49. The molecule has 1 heterocycles. The number of guanidine groups is 1. The molecule has 0 fully saturated rings. The van der Waals surface area contributed by atoms with Crippen LogP contribution < -0.4 is 38.9 Å². The Balaban J connectivity index is 1.51. The quantitative estimate of drug-likeness (QED) is 0.0398. The van der Waals surface area contributed by atoms with E-state index in [1.165, 1.54) is 0 Å². The van der Waals surface area contributed by atoms with Gasteiger partial charge in [-0.1, -0.05) is 72.3 Å². The Bertz CT molecular complexity index is 1830. The minimum absolute atomic E-state index is 0.0491. The Labute approximate surface area is 307 Å². The predicted octanol–water partition coefficient (Wildman–Crippen LogP) is 1.53. The van der Waals surface area contributed by atoms with Crippen LogP contribution in [0.4, 0.5) is 0 Å². The molecular formula is C37H46ClN9O5. The van der Waals surface area contributed by atoms with Crippen LogP contribution in [0.2, 0.25) is 5.02 Å². The molecule has 4 amide bonds. The molecule has 0 aliphatic carbocycles. The molecule has 0 aliphatic rings. The van der Waals surface area contributed by atoms with Crippen molar-refractivity contribution in [2.75, 3.05) is 6.54 Å². The van der Waals surface area contributed by atoms with E-state index in [4.69, 9.17) is 39.3 Å². The zero-order valence-electron chi connectivity index (χ0n) is 28.9. The first-order chi connectivity index (χ1) is 24.9. The molecule has 1 aromatic heterocycles. The largest absolute Gasteiger partial charge is 0.372 e. The van der Waals surface area contributed by atoms with E-state index in [-0.39, 0.29) is 38.4 Å². The number of halogens is 1. The maximum Gasteiger partial charge on any atom is 0.243 e. The fourth-order valence-corrected chi connectivity index (χ4v) is 5.64. The highest BCUT2D eigenvalue weighted by Crippen LogP contribution is 2.19. The number of aromatic nitrogens is 1. The monoisotopic (exact) mass is 731 g/mol. The van der Waals surface area contributed by atoms with Crippen LogP contribution in [0.3, 0.4) is 0 Å². The molecule has 4 aromatic rings. The highest BCUT2D eigenvalue weighted by molar-refractivity contribution is 6.30. The number of fused-ring (bicyclic) bond motifs is 1. The summed E-state index contributed by atoms with van der Waals surface area (Å²) in [5.74, 6) is -2.83. The van der Waals surface area contributed by atoms with E-state index in [9.17, 15) is 19.2 Å². The van der Waals surface area contributed by atoms with Gasteiger partial charge in [0.1, 0.15) is 24.2 Å². The second kappa shape index (κ2) is 19.2. The van der Waals surface area contributed by atoms with Gasteiger partial charge in [0.15, 0.2) is 5.96 Å². The lowest BCUT2D eigenvalue weighted by molar-refractivity contribution is -0.134. The summed E-state index contributed by atoms with van der Waals surface area (Å²) in [6, 6.07) is 19.2. The minimum Gasteiger partial charge on any atom is -0.372 e. The van der Waals surface area contributed by atoms with Crippen LogP contribution in [-0.2, 0) is 43.4 Å². The van der Waals surface area contributed by atoms with E-state index in [1.807, 2.05) is 54.6 Å². The average molecular weight is 732 g/mol.